The van der Waals surface area contributed by atoms with E-state index < -0.39 is 0 Å². The van der Waals surface area contributed by atoms with Gasteiger partial charge in [-0.1, -0.05) is 6.92 Å². The van der Waals surface area contributed by atoms with Gasteiger partial charge in [-0.15, -0.1) is 36.2 Å². The fourth-order valence-electron chi connectivity index (χ4n) is 2.23. The van der Waals surface area contributed by atoms with E-state index in [-0.39, 0.29) is 36.6 Å². The number of fused-ring (bicyclic) bond motifs is 1. The number of carbonyl (C=O) groups is 1. The molecule has 20 heavy (non-hydrogen) atoms. The van der Waals surface area contributed by atoms with E-state index in [4.69, 9.17) is 5.73 Å². The smallest absolute Gasteiger partial charge is 0.226 e. The van der Waals surface area contributed by atoms with Crippen molar-refractivity contribution in [3.05, 3.63) is 15.6 Å². The maximum atomic E-state index is 11.9. The van der Waals surface area contributed by atoms with Crippen molar-refractivity contribution in [3.8, 4) is 0 Å². The van der Waals surface area contributed by atoms with Crippen molar-refractivity contribution < 1.29 is 4.79 Å². The highest BCUT2D eigenvalue weighted by molar-refractivity contribution is 7.11. The van der Waals surface area contributed by atoms with Crippen LogP contribution in [0, 0.1) is 5.92 Å². The lowest BCUT2D eigenvalue weighted by Gasteiger charge is -2.19. The van der Waals surface area contributed by atoms with Gasteiger partial charge in [0.2, 0.25) is 5.91 Å². The second-order valence-electron chi connectivity index (χ2n) is 5.02. The van der Waals surface area contributed by atoms with Gasteiger partial charge in [0.25, 0.3) is 0 Å². The SMILES string of the molecule is CC(CN)C(=O)N(C)Cc1nc2c(s1)CCCC2.Cl.Cl. The minimum absolute atomic E-state index is 0. The second kappa shape index (κ2) is 8.82. The Balaban J connectivity index is 0.00000180. The van der Waals surface area contributed by atoms with Crippen LogP contribution >= 0.6 is 36.2 Å². The van der Waals surface area contributed by atoms with Crippen molar-refractivity contribution in [2.24, 2.45) is 11.7 Å². The van der Waals surface area contributed by atoms with Crippen molar-refractivity contribution in [1.29, 1.82) is 0 Å². The van der Waals surface area contributed by atoms with Crippen LogP contribution in [0.3, 0.4) is 0 Å². The molecule has 7 heteroatoms. The second-order valence-corrected chi connectivity index (χ2v) is 6.18. The van der Waals surface area contributed by atoms with Crippen LogP contribution in [-0.4, -0.2) is 29.4 Å². The van der Waals surface area contributed by atoms with E-state index in [0.717, 1.165) is 17.8 Å². The summed E-state index contributed by atoms with van der Waals surface area (Å²) in [6, 6.07) is 0. The van der Waals surface area contributed by atoms with Gasteiger partial charge in [-0.3, -0.25) is 4.79 Å². The predicted octanol–water partition coefficient (Wildman–Crippen LogP) is 2.42. The summed E-state index contributed by atoms with van der Waals surface area (Å²) in [7, 11) is 1.83. The monoisotopic (exact) mass is 339 g/mol. The molecule has 1 heterocycles. The molecule has 116 valence electrons. The van der Waals surface area contributed by atoms with E-state index >= 15 is 0 Å². The zero-order chi connectivity index (χ0) is 13.1. The van der Waals surface area contributed by atoms with Gasteiger partial charge < -0.3 is 10.6 Å². The summed E-state index contributed by atoms with van der Waals surface area (Å²) >= 11 is 1.76. The molecule has 0 fully saturated rings. The van der Waals surface area contributed by atoms with Crippen molar-refractivity contribution in [1.82, 2.24) is 9.88 Å². The summed E-state index contributed by atoms with van der Waals surface area (Å²) in [5, 5.41) is 1.06. The van der Waals surface area contributed by atoms with Crippen LogP contribution in [0.5, 0.6) is 0 Å². The molecule has 2 N–H and O–H groups in total. The highest BCUT2D eigenvalue weighted by Crippen LogP contribution is 2.27. The van der Waals surface area contributed by atoms with Gasteiger partial charge in [-0.25, -0.2) is 4.98 Å². The zero-order valence-corrected chi connectivity index (χ0v) is 14.4. The lowest BCUT2D eigenvalue weighted by Crippen LogP contribution is -2.34. The van der Waals surface area contributed by atoms with Gasteiger partial charge in [-0.05, 0) is 25.7 Å². The van der Waals surface area contributed by atoms with E-state index in [1.54, 1.807) is 16.2 Å². The number of carbonyl (C=O) groups excluding carboxylic acids is 1. The normalized spacial score (nSPS) is 14.6. The standard InChI is InChI=1S/C13H21N3OS.2ClH/c1-9(7-14)13(17)16(2)8-12-15-10-5-3-4-6-11(10)18-12;;/h9H,3-8,14H2,1-2H3;2*1H. The number of nitrogens with zero attached hydrogens (tertiary/aromatic N) is 2. The van der Waals surface area contributed by atoms with Gasteiger partial charge in [-0.2, -0.15) is 0 Å². The number of halogens is 2. The molecule has 0 radical (unpaired) electrons. The lowest BCUT2D eigenvalue weighted by molar-refractivity contribution is -0.133. The van der Waals surface area contributed by atoms with Crippen molar-refractivity contribution >= 4 is 42.1 Å². The molecule has 1 amide bonds. The van der Waals surface area contributed by atoms with Gasteiger partial charge >= 0.3 is 0 Å². The van der Waals surface area contributed by atoms with E-state index in [2.05, 4.69) is 4.98 Å². The Labute approximate surface area is 137 Å². The molecule has 0 aromatic carbocycles. The van der Waals surface area contributed by atoms with Crippen LogP contribution in [0.4, 0.5) is 0 Å². The average molecular weight is 340 g/mol. The number of amides is 1. The van der Waals surface area contributed by atoms with Gasteiger partial charge in [0.1, 0.15) is 5.01 Å². The first-order chi connectivity index (χ1) is 8.61. The molecule has 1 aliphatic rings. The van der Waals surface area contributed by atoms with Crippen molar-refractivity contribution in [2.75, 3.05) is 13.6 Å². The number of hydrogen-bond acceptors (Lipinski definition) is 4. The third kappa shape index (κ3) is 4.58. The molecule has 1 aromatic heterocycles. The Hall–Kier alpha value is -0.360. The number of aromatic nitrogens is 1. The van der Waals surface area contributed by atoms with Gasteiger partial charge in [0, 0.05) is 24.4 Å². The van der Waals surface area contributed by atoms with Crippen LogP contribution in [-0.2, 0) is 24.2 Å². The average Bonchev–Trinajstić information content (AvgIpc) is 2.78. The van der Waals surface area contributed by atoms with Crippen LogP contribution in [0.1, 0.15) is 35.3 Å². The molecule has 0 spiro atoms. The minimum atomic E-state index is -0.107. The molecule has 0 aliphatic heterocycles. The molecule has 2 rings (SSSR count). The summed E-state index contributed by atoms with van der Waals surface area (Å²) in [5.41, 5.74) is 6.78. The number of aryl methyl sites for hydroxylation is 2. The molecule has 1 unspecified atom stereocenters. The van der Waals surface area contributed by atoms with Gasteiger partial charge in [0.05, 0.1) is 12.2 Å². The lowest BCUT2D eigenvalue weighted by atomic mass is 10.0. The number of thiazole rings is 1. The third-order valence-corrected chi connectivity index (χ3v) is 4.56. The van der Waals surface area contributed by atoms with Crippen LogP contribution in [0.15, 0.2) is 0 Å². The Bertz CT molecular complexity index is 416. The third-order valence-electron chi connectivity index (χ3n) is 3.41. The molecule has 0 saturated heterocycles. The van der Waals surface area contributed by atoms with Crippen LogP contribution < -0.4 is 5.73 Å². The molecular formula is C13H23Cl2N3OS. The highest BCUT2D eigenvalue weighted by atomic mass is 35.5. The van der Waals surface area contributed by atoms with E-state index in [9.17, 15) is 4.79 Å². The van der Waals surface area contributed by atoms with Crippen LogP contribution in [0.25, 0.3) is 0 Å². The first kappa shape index (κ1) is 19.6. The molecule has 4 nitrogen and oxygen atoms in total. The topological polar surface area (TPSA) is 59.2 Å². The number of rotatable bonds is 4. The molecular weight excluding hydrogens is 317 g/mol. The number of hydrogen-bond donors (Lipinski definition) is 1. The van der Waals surface area contributed by atoms with Gasteiger partial charge in [0.15, 0.2) is 0 Å². The predicted molar refractivity (Wildman–Crippen MR) is 87.9 cm³/mol. The Morgan fingerprint density at radius 2 is 2.05 bits per heavy atom. The molecule has 1 aromatic rings. The first-order valence-electron chi connectivity index (χ1n) is 6.54. The molecule has 1 atom stereocenters. The van der Waals surface area contributed by atoms with E-state index in [1.165, 1.54) is 23.4 Å². The Morgan fingerprint density at radius 1 is 1.40 bits per heavy atom. The highest BCUT2D eigenvalue weighted by Gasteiger charge is 2.19. The maximum absolute atomic E-state index is 11.9. The van der Waals surface area contributed by atoms with Crippen LogP contribution in [0.2, 0.25) is 0 Å². The summed E-state index contributed by atoms with van der Waals surface area (Å²) in [6.07, 6.45) is 4.77. The first-order valence-corrected chi connectivity index (χ1v) is 7.36. The largest absolute Gasteiger partial charge is 0.339 e. The Morgan fingerprint density at radius 3 is 2.65 bits per heavy atom. The molecule has 1 aliphatic carbocycles. The minimum Gasteiger partial charge on any atom is -0.339 e. The fourth-order valence-corrected chi connectivity index (χ4v) is 3.44. The summed E-state index contributed by atoms with van der Waals surface area (Å²) in [5.74, 6) is -0.00439. The summed E-state index contributed by atoms with van der Waals surface area (Å²) in [6.45, 7) is 2.88. The summed E-state index contributed by atoms with van der Waals surface area (Å²) in [4.78, 5) is 19.8. The molecule has 0 bridgehead atoms. The Kier molecular flexibility index (Phi) is 8.66. The maximum Gasteiger partial charge on any atom is 0.226 e. The van der Waals surface area contributed by atoms with Crippen molar-refractivity contribution in [3.63, 3.8) is 0 Å². The zero-order valence-electron chi connectivity index (χ0n) is 11.9. The molecule has 0 saturated carbocycles. The number of nitrogens with two attached hydrogens (primary N) is 1. The van der Waals surface area contributed by atoms with E-state index in [1.807, 2.05) is 14.0 Å². The fraction of sp³-hybridized carbons (Fsp3) is 0.692. The van der Waals surface area contributed by atoms with Crippen molar-refractivity contribution in [2.45, 2.75) is 39.2 Å². The van der Waals surface area contributed by atoms with E-state index in [0.29, 0.717) is 13.1 Å². The summed E-state index contributed by atoms with van der Waals surface area (Å²) < 4.78 is 0. The quantitative estimate of drug-likeness (QED) is 0.916.